The lowest BCUT2D eigenvalue weighted by atomic mass is 10.2. The quantitative estimate of drug-likeness (QED) is 0.510. The Labute approximate surface area is 109 Å². The van der Waals surface area contributed by atoms with E-state index in [1.54, 1.807) is 0 Å². The Morgan fingerprint density at radius 2 is 2.00 bits per heavy atom. The predicted molar refractivity (Wildman–Crippen MR) is 74.4 cm³/mol. The fraction of sp³-hybridized carbons (Fsp3) is 0.692. The molecule has 0 saturated heterocycles. The SMILES string of the molecule is CCCc1nc(NN)c(C)c(NCCC2CC2)n1. The number of rotatable bonds is 7. The summed E-state index contributed by atoms with van der Waals surface area (Å²) < 4.78 is 0. The van der Waals surface area contributed by atoms with E-state index in [0.29, 0.717) is 0 Å². The molecule has 1 fully saturated rings. The third-order valence-corrected chi connectivity index (χ3v) is 3.34. The standard InChI is InChI=1S/C13H23N5/c1-3-4-11-16-12(9(2)13(17-11)18-14)15-8-7-10-5-6-10/h10H,3-8,14H2,1-2H3,(H2,15,16,17,18). The zero-order valence-corrected chi connectivity index (χ0v) is 11.3. The Balaban J connectivity index is 2.06. The van der Waals surface area contributed by atoms with Crippen molar-refractivity contribution in [1.29, 1.82) is 0 Å². The summed E-state index contributed by atoms with van der Waals surface area (Å²) in [6.07, 6.45) is 5.93. The second-order valence-electron chi connectivity index (χ2n) is 5.02. The molecule has 1 aromatic heterocycles. The molecule has 2 rings (SSSR count). The zero-order chi connectivity index (χ0) is 13.0. The second-order valence-corrected chi connectivity index (χ2v) is 5.02. The van der Waals surface area contributed by atoms with Gasteiger partial charge in [-0.05, 0) is 25.7 Å². The summed E-state index contributed by atoms with van der Waals surface area (Å²) in [4.78, 5) is 8.98. The van der Waals surface area contributed by atoms with Crippen LogP contribution in [0.2, 0.25) is 0 Å². The van der Waals surface area contributed by atoms with Crippen LogP contribution in [0.3, 0.4) is 0 Å². The highest BCUT2D eigenvalue weighted by Gasteiger charge is 2.20. The maximum atomic E-state index is 5.50. The zero-order valence-electron chi connectivity index (χ0n) is 11.3. The summed E-state index contributed by atoms with van der Waals surface area (Å²) in [5, 5.41) is 3.41. The molecule has 0 spiro atoms. The molecule has 0 aliphatic heterocycles. The fourth-order valence-electron chi connectivity index (χ4n) is 2.01. The van der Waals surface area contributed by atoms with Crippen LogP contribution >= 0.6 is 0 Å². The molecule has 100 valence electrons. The van der Waals surface area contributed by atoms with Gasteiger partial charge in [-0.15, -0.1) is 0 Å². The summed E-state index contributed by atoms with van der Waals surface area (Å²) in [5.41, 5.74) is 3.65. The molecule has 0 bridgehead atoms. The lowest BCUT2D eigenvalue weighted by Crippen LogP contribution is -2.15. The molecule has 0 radical (unpaired) electrons. The Morgan fingerprint density at radius 3 is 2.61 bits per heavy atom. The van der Waals surface area contributed by atoms with Gasteiger partial charge in [-0.1, -0.05) is 19.8 Å². The predicted octanol–water partition coefficient (Wildman–Crippen LogP) is 2.24. The lowest BCUT2D eigenvalue weighted by molar-refractivity contribution is 0.754. The maximum Gasteiger partial charge on any atom is 0.148 e. The van der Waals surface area contributed by atoms with Crippen LogP contribution in [0.4, 0.5) is 11.6 Å². The summed E-state index contributed by atoms with van der Waals surface area (Å²) in [6.45, 7) is 5.10. The third kappa shape index (κ3) is 3.32. The van der Waals surface area contributed by atoms with Crippen molar-refractivity contribution in [3.8, 4) is 0 Å². The first-order valence-corrected chi connectivity index (χ1v) is 6.82. The topological polar surface area (TPSA) is 75.9 Å². The molecule has 0 unspecified atom stereocenters. The molecule has 1 aliphatic carbocycles. The van der Waals surface area contributed by atoms with E-state index in [1.807, 2.05) is 6.92 Å². The number of hydrogen-bond donors (Lipinski definition) is 3. The molecule has 1 heterocycles. The second kappa shape index (κ2) is 6.00. The van der Waals surface area contributed by atoms with Gasteiger partial charge in [0.25, 0.3) is 0 Å². The van der Waals surface area contributed by atoms with E-state index >= 15 is 0 Å². The number of nitrogens with zero attached hydrogens (tertiary/aromatic N) is 2. The Hall–Kier alpha value is -1.36. The van der Waals surface area contributed by atoms with Crippen LogP contribution in [-0.4, -0.2) is 16.5 Å². The van der Waals surface area contributed by atoms with Gasteiger partial charge >= 0.3 is 0 Å². The van der Waals surface area contributed by atoms with Crippen LogP contribution in [0.1, 0.15) is 44.0 Å². The Morgan fingerprint density at radius 1 is 1.28 bits per heavy atom. The van der Waals surface area contributed by atoms with Gasteiger partial charge in [-0.2, -0.15) is 0 Å². The minimum atomic E-state index is 0.724. The van der Waals surface area contributed by atoms with Crippen LogP contribution in [0.15, 0.2) is 0 Å². The van der Waals surface area contributed by atoms with Gasteiger partial charge < -0.3 is 10.7 Å². The van der Waals surface area contributed by atoms with Crippen molar-refractivity contribution in [2.24, 2.45) is 11.8 Å². The molecule has 5 heteroatoms. The number of aryl methyl sites for hydroxylation is 1. The molecule has 0 atom stereocenters. The van der Waals surface area contributed by atoms with Gasteiger partial charge in [0.1, 0.15) is 17.5 Å². The van der Waals surface area contributed by atoms with Crippen LogP contribution in [0.5, 0.6) is 0 Å². The van der Waals surface area contributed by atoms with E-state index in [1.165, 1.54) is 19.3 Å². The summed E-state index contributed by atoms with van der Waals surface area (Å²) in [6, 6.07) is 0. The molecule has 1 aromatic rings. The lowest BCUT2D eigenvalue weighted by Gasteiger charge is -2.13. The Bertz CT molecular complexity index is 401. The fourth-order valence-corrected chi connectivity index (χ4v) is 2.01. The maximum absolute atomic E-state index is 5.50. The summed E-state index contributed by atoms with van der Waals surface area (Å²) in [5.74, 6) is 8.93. The van der Waals surface area contributed by atoms with Crippen molar-refractivity contribution in [3.63, 3.8) is 0 Å². The molecular weight excluding hydrogens is 226 g/mol. The molecular formula is C13H23N5. The average Bonchev–Trinajstić information content (AvgIpc) is 3.17. The van der Waals surface area contributed by atoms with Crippen molar-refractivity contribution in [2.75, 3.05) is 17.3 Å². The first kappa shape index (κ1) is 13.1. The first-order chi connectivity index (χ1) is 8.74. The average molecular weight is 249 g/mol. The third-order valence-electron chi connectivity index (χ3n) is 3.34. The number of nitrogens with two attached hydrogens (primary N) is 1. The highest BCUT2D eigenvalue weighted by Crippen LogP contribution is 2.32. The smallest absolute Gasteiger partial charge is 0.148 e. The van der Waals surface area contributed by atoms with E-state index < -0.39 is 0 Å². The van der Waals surface area contributed by atoms with E-state index in [-0.39, 0.29) is 0 Å². The molecule has 0 amide bonds. The normalized spacial score (nSPS) is 14.6. The number of hydrazine groups is 1. The molecule has 1 saturated carbocycles. The van der Waals surface area contributed by atoms with Gasteiger partial charge in [0.05, 0.1) is 0 Å². The van der Waals surface area contributed by atoms with Crippen molar-refractivity contribution in [3.05, 3.63) is 11.4 Å². The number of hydrogen-bond acceptors (Lipinski definition) is 5. The van der Waals surface area contributed by atoms with Crippen LogP contribution in [-0.2, 0) is 6.42 Å². The van der Waals surface area contributed by atoms with Crippen molar-refractivity contribution < 1.29 is 0 Å². The van der Waals surface area contributed by atoms with Crippen LogP contribution in [0, 0.1) is 12.8 Å². The van der Waals surface area contributed by atoms with Gasteiger partial charge in [0, 0.05) is 18.5 Å². The number of aromatic nitrogens is 2. The highest BCUT2D eigenvalue weighted by molar-refractivity contribution is 5.56. The van der Waals surface area contributed by atoms with E-state index in [9.17, 15) is 0 Å². The van der Waals surface area contributed by atoms with E-state index in [0.717, 1.165) is 48.3 Å². The number of anilines is 2. The largest absolute Gasteiger partial charge is 0.370 e. The van der Waals surface area contributed by atoms with Crippen LogP contribution in [0.25, 0.3) is 0 Å². The van der Waals surface area contributed by atoms with Gasteiger partial charge in [-0.25, -0.2) is 15.8 Å². The summed E-state index contributed by atoms with van der Waals surface area (Å²) >= 11 is 0. The van der Waals surface area contributed by atoms with Gasteiger partial charge in [0.15, 0.2) is 0 Å². The Kier molecular flexibility index (Phi) is 4.36. The highest BCUT2D eigenvalue weighted by atomic mass is 15.3. The van der Waals surface area contributed by atoms with Crippen molar-refractivity contribution in [2.45, 2.75) is 46.0 Å². The van der Waals surface area contributed by atoms with Gasteiger partial charge in [-0.3, -0.25) is 0 Å². The summed E-state index contributed by atoms with van der Waals surface area (Å²) in [7, 11) is 0. The molecule has 18 heavy (non-hydrogen) atoms. The minimum absolute atomic E-state index is 0.724. The minimum Gasteiger partial charge on any atom is -0.370 e. The first-order valence-electron chi connectivity index (χ1n) is 6.82. The molecule has 4 N–H and O–H groups in total. The van der Waals surface area contributed by atoms with Gasteiger partial charge in [0.2, 0.25) is 0 Å². The van der Waals surface area contributed by atoms with E-state index in [4.69, 9.17) is 5.84 Å². The van der Waals surface area contributed by atoms with Crippen molar-refractivity contribution in [1.82, 2.24) is 9.97 Å². The van der Waals surface area contributed by atoms with Crippen molar-refractivity contribution >= 4 is 11.6 Å². The monoisotopic (exact) mass is 249 g/mol. The van der Waals surface area contributed by atoms with E-state index in [2.05, 4.69) is 27.6 Å². The molecule has 5 nitrogen and oxygen atoms in total. The molecule has 1 aliphatic rings. The molecule has 0 aromatic carbocycles. The number of nitrogens with one attached hydrogen (secondary N) is 2. The van der Waals surface area contributed by atoms with Crippen LogP contribution < -0.4 is 16.6 Å². The number of nitrogen functional groups attached to an aromatic ring is 1.